The van der Waals surface area contributed by atoms with Crippen molar-refractivity contribution >= 4 is 16.9 Å². The molecule has 0 spiro atoms. The van der Waals surface area contributed by atoms with E-state index in [2.05, 4.69) is 4.98 Å². The molecule has 0 atom stereocenters. The summed E-state index contributed by atoms with van der Waals surface area (Å²) in [5, 5.41) is 10.3. The first-order valence-electron chi connectivity index (χ1n) is 6.35. The second-order valence-corrected chi connectivity index (χ2v) is 4.74. The van der Waals surface area contributed by atoms with Crippen molar-refractivity contribution in [2.75, 3.05) is 0 Å². The number of fused-ring (bicyclic) bond motifs is 1. The standard InChI is InChI=1S/C17H13NO2/c1-11-7-8-15-13(9-11)16(17(19)20)14(10-18-15)12-5-3-2-4-6-12/h2-10H,1H3,(H,19,20). The summed E-state index contributed by atoms with van der Waals surface area (Å²) in [4.78, 5) is 16.1. The normalized spacial score (nSPS) is 10.7. The Morgan fingerprint density at radius 3 is 2.55 bits per heavy atom. The van der Waals surface area contributed by atoms with Crippen LogP contribution in [0.2, 0.25) is 0 Å². The molecule has 3 aromatic rings. The van der Waals surface area contributed by atoms with E-state index in [0.717, 1.165) is 11.1 Å². The van der Waals surface area contributed by atoms with E-state index in [1.165, 1.54) is 0 Å². The molecule has 1 heterocycles. The van der Waals surface area contributed by atoms with E-state index in [0.29, 0.717) is 22.0 Å². The van der Waals surface area contributed by atoms with Gasteiger partial charge in [-0.25, -0.2) is 4.79 Å². The molecule has 98 valence electrons. The zero-order valence-corrected chi connectivity index (χ0v) is 11.0. The van der Waals surface area contributed by atoms with Crippen LogP contribution in [0.5, 0.6) is 0 Å². The fourth-order valence-electron chi connectivity index (χ4n) is 2.37. The third kappa shape index (κ3) is 2.03. The predicted molar refractivity (Wildman–Crippen MR) is 78.9 cm³/mol. The van der Waals surface area contributed by atoms with Crippen molar-refractivity contribution in [1.82, 2.24) is 4.98 Å². The second kappa shape index (κ2) is 4.78. The van der Waals surface area contributed by atoms with Crippen molar-refractivity contribution in [3.63, 3.8) is 0 Å². The van der Waals surface area contributed by atoms with Gasteiger partial charge in [0.15, 0.2) is 0 Å². The molecule has 0 amide bonds. The van der Waals surface area contributed by atoms with Crippen LogP contribution >= 0.6 is 0 Å². The topological polar surface area (TPSA) is 50.2 Å². The van der Waals surface area contributed by atoms with Crippen LogP contribution in [0.15, 0.2) is 54.7 Å². The molecule has 3 rings (SSSR count). The minimum absolute atomic E-state index is 0.310. The maximum atomic E-state index is 11.7. The number of rotatable bonds is 2. The van der Waals surface area contributed by atoms with Gasteiger partial charge in [-0.3, -0.25) is 4.98 Å². The van der Waals surface area contributed by atoms with Crippen LogP contribution in [0.3, 0.4) is 0 Å². The highest BCUT2D eigenvalue weighted by Crippen LogP contribution is 2.29. The molecule has 3 heteroatoms. The molecule has 0 unspecified atom stereocenters. The number of carboxylic acid groups (broad SMARTS) is 1. The summed E-state index contributed by atoms with van der Waals surface area (Å²) in [5.41, 5.74) is 3.54. The van der Waals surface area contributed by atoms with Crippen molar-refractivity contribution < 1.29 is 9.90 Å². The lowest BCUT2D eigenvalue weighted by molar-refractivity contribution is 0.0700. The van der Waals surface area contributed by atoms with Crippen LogP contribution in [-0.2, 0) is 0 Å². The molecule has 0 saturated carbocycles. The quantitative estimate of drug-likeness (QED) is 0.762. The van der Waals surface area contributed by atoms with Crippen LogP contribution in [0, 0.1) is 6.92 Å². The van der Waals surface area contributed by atoms with Gasteiger partial charge in [0.05, 0.1) is 11.1 Å². The van der Waals surface area contributed by atoms with Crippen LogP contribution in [0.1, 0.15) is 15.9 Å². The largest absolute Gasteiger partial charge is 0.478 e. The fourth-order valence-corrected chi connectivity index (χ4v) is 2.37. The molecule has 0 aliphatic carbocycles. The lowest BCUT2D eigenvalue weighted by atomic mass is 9.97. The van der Waals surface area contributed by atoms with Gasteiger partial charge in [0.25, 0.3) is 0 Å². The highest BCUT2D eigenvalue weighted by molar-refractivity contribution is 6.08. The van der Waals surface area contributed by atoms with Gasteiger partial charge in [-0.2, -0.15) is 0 Å². The van der Waals surface area contributed by atoms with Gasteiger partial charge in [0.1, 0.15) is 0 Å². The summed E-state index contributed by atoms with van der Waals surface area (Å²) in [6, 6.07) is 15.1. The zero-order valence-electron chi connectivity index (χ0n) is 11.0. The van der Waals surface area contributed by atoms with Gasteiger partial charge in [0, 0.05) is 17.1 Å². The minimum Gasteiger partial charge on any atom is -0.478 e. The third-order valence-corrected chi connectivity index (χ3v) is 3.32. The Morgan fingerprint density at radius 1 is 1.10 bits per heavy atom. The van der Waals surface area contributed by atoms with Crippen molar-refractivity contribution in [3.05, 3.63) is 65.9 Å². The number of aryl methyl sites for hydroxylation is 1. The van der Waals surface area contributed by atoms with Gasteiger partial charge in [-0.1, -0.05) is 42.0 Å². The molecule has 1 N–H and O–H groups in total. The Kier molecular flexibility index (Phi) is 2.95. The third-order valence-electron chi connectivity index (χ3n) is 3.32. The Balaban J connectivity index is 2.39. The van der Waals surface area contributed by atoms with Gasteiger partial charge in [-0.05, 0) is 24.6 Å². The lowest BCUT2D eigenvalue weighted by Gasteiger charge is -2.10. The lowest BCUT2D eigenvalue weighted by Crippen LogP contribution is -2.02. The first kappa shape index (κ1) is 12.4. The number of hydrogen-bond acceptors (Lipinski definition) is 2. The van der Waals surface area contributed by atoms with Gasteiger partial charge < -0.3 is 5.11 Å². The molecular formula is C17H13NO2. The van der Waals surface area contributed by atoms with Crippen LogP contribution in [0.25, 0.3) is 22.0 Å². The van der Waals surface area contributed by atoms with Gasteiger partial charge in [0.2, 0.25) is 0 Å². The number of aromatic nitrogens is 1. The molecule has 1 aromatic heterocycles. The first-order valence-corrected chi connectivity index (χ1v) is 6.35. The molecule has 3 nitrogen and oxygen atoms in total. The highest BCUT2D eigenvalue weighted by atomic mass is 16.4. The summed E-state index contributed by atoms with van der Waals surface area (Å²) in [7, 11) is 0. The zero-order chi connectivity index (χ0) is 14.1. The smallest absolute Gasteiger partial charge is 0.337 e. The van der Waals surface area contributed by atoms with Crippen molar-refractivity contribution in [1.29, 1.82) is 0 Å². The number of nitrogens with zero attached hydrogens (tertiary/aromatic N) is 1. The maximum absolute atomic E-state index is 11.7. The Hall–Kier alpha value is -2.68. The molecule has 0 aliphatic heterocycles. The molecule has 0 bridgehead atoms. The monoisotopic (exact) mass is 263 g/mol. The minimum atomic E-state index is -0.929. The molecular weight excluding hydrogens is 250 g/mol. The Morgan fingerprint density at radius 2 is 1.85 bits per heavy atom. The molecule has 0 aliphatic rings. The highest BCUT2D eigenvalue weighted by Gasteiger charge is 2.16. The number of benzene rings is 2. The average molecular weight is 263 g/mol. The summed E-state index contributed by atoms with van der Waals surface area (Å²) in [6.45, 7) is 1.94. The fraction of sp³-hybridized carbons (Fsp3) is 0.0588. The van der Waals surface area contributed by atoms with E-state index in [1.807, 2.05) is 55.5 Å². The molecule has 0 fully saturated rings. The Bertz CT molecular complexity index is 795. The van der Waals surface area contributed by atoms with E-state index < -0.39 is 5.97 Å². The summed E-state index contributed by atoms with van der Waals surface area (Å²) in [5.74, 6) is -0.929. The number of pyridine rings is 1. The predicted octanol–water partition coefficient (Wildman–Crippen LogP) is 3.91. The van der Waals surface area contributed by atoms with Crippen LogP contribution < -0.4 is 0 Å². The summed E-state index contributed by atoms with van der Waals surface area (Å²) >= 11 is 0. The van der Waals surface area contributed by atoms with E-state index in [-0.39, 0.29) is 0 Å². The van der Waals surface area contributed by atoms with Crippen molar-refractivity contribution in [2.24, 2.45) is 0 Å². The number of carbonyl (C=O) groups is 1. The molecule has 2 aromatic carbocycles. The van der Waals surface area contributed by atoms with E-state index in [4.69, 9.17) is 0 Å². The van der Waals surface area contributed by atoms with E-state index in [9.17, 15) is 9.90 Å². The number of aromatic carboxylic acids is 1. The summed E-state index contributed by atoms with van der Waals surface area (Å²) in [6.07, 6.45) is 1.64. The Labute approximate surface area is 116 Å². The number of carboxylic acids is 1. The van der Waals surface area contributed by atoms with Crippen molar-refractivity contribution in [2.45, 2.75) is 6.92 Å². The summed E-state index contributed by atoms with van der Waals surface area (Å²) < 4.78 is 0. The SMILES string of the molecule is Cc1ccc2ncc(-c3ccccc3)c(C(=O)O)c2c1. The molecule has 0 saturated heterocycles. The molecule has 20 heavy (non-hydrogen) atoms. The van der Waals surface area contributed by atoms with Gasteiger partial charge in [-0.15, -0.1) is 0 Å². The maximum Gasteiger partial charge on any atom is 0.337 e. The van der Waals surface area contributed by atoms with Crippen LogP contribution in [-0.4, -0.2) is 16.1 Å². The second-order valence-electron chi connectivity index (χ2n) is 4.74. The number of hydrogen-bond donors (Lipinski definition) is 1. The van der Waals surface area contributed by atoms with Crippen molar-refractivity contribution in [3.8, 4) is 11.1 Å². The van der Waals surface area contributed by atoms with Crippen LogP contribution in [0.4, 0.5) is 0 Å². The van der Waals surface area contributed by atoms with E-state index in [1.54, 1.807) is 6.20 Å². The van der Waals surface area contributed by atoms with E-state index >= 15 is 0 Å². The first-order chi connectivity index (χ1) is 9.66. The molecule has 0 radical (unpaired) electrons. The van der Waals surface area contributed by atoms with Gasteiger partial charge >= 0.3 is 5.97 Å². The average Bonchev–Trinajstić information content (AvgIpc) is 2.46.